The molecule has 0 bridgehead atoms. The Morgan fingerprint density at radius 2 is 1.20 bits per heavy atom. The van der Waals surface area contributed by atoms with Gasteiger partial charge in [0.2, 0.25) is 65.0 Å². The zero-order valence-corrected chi connectivity index (χ0v) is 59.6. The first-order chi connectivity index (χ1) is 45.2. The molecule has 3 saturated heterocycles. The summed E-state index contributed by atoms with van der Waals surface area (Å²) in [4.78, 5) is 170. The molecule has 11 amide bonds. The lowest BCUT2D eigenvalue weighted by atomic mass is 9.84. The Kier molecular flexibility index (Phi) is 29.3. The summed E-state index contributed by atoms with van der Waals surface area (Å²) >= 11 is 6.11. The van der Waals surface area contributed by atoms with Gasteiger partial charge in [0.1, 0.15) is 48.3 Å². The van der Waals surface area contributed by atoms with E-state index in [1.54, 1.807) is 27.8 Å². The first-order valence-corrected chi connectivity index (χ1v) is 35.6. The molecule has 2 saturated carbocycles. The molecule has 0 spiro atoms. The van der Waals surface area contributed by atoms with Crippen LogP contribution in [-0.4, -0.2) is 215 Å². The number of alkyl halides is 3. The first-order valence-electron chi connectivity index (χ1n) is 35.2. The van der Waals surface area contributed by atoms with Crippen LogP contribution >= 0.6 is 11.6 Å². The highest BCUT2D eigenvalue weighted by Gasteiger charge is 2.48. The molecule has 6 rings (SSSR count). The number of nitrogens with zero attached hydrogens (tertiary/aromatic N) is 7. The number of hydrogen-bond donors (Lipinski definition) is 4. The number of carbonyl (C=O) groups excluding carboxylic acids is 11. The number of likely N-dealkylation sites (N-methyl/N-ethyl adjacent to an activating group) is 5. The quantitative estimate of drug-likeness (QED) is 0.164. The second-order valence-electron chi connectivity index (χ2n) is 28.8. The minimum Gasteiger partial charge on any atom is -0.354 e. The summed E-state index contributed by atoms with van der Waals surface area (Å²) in [5.41, 5.74) is -0.704. The summed E-state index contributed by atoms with van der Waals surface area (Å²) < 4.78 is 41.3. The molecule has 5 fully saturated rings. The van der Waals surface area contributed by atoms with Crippen LogP contribution in [0.15, 0.2) is 18.2 Å². The smallest absolute Gasteiger partial charge is 0.354 e. The van der Waals surface area contributed by atoms with Gasteiger partial charge in [-0.05, 0) is 118 Å². The highest BCUT2D eigenvalue weighted by molar-refractivity contribution is 6.31. The molecule has 0 radical (unpaired) electrons. The van der Waals surface area contributed by atoms with Gasteiger partial charge in [-0.1, -0.05) is 123 Å². The van der Waals surface area contributed by atoms with Gasteiger partial charge in [-0.3, -0.25) is 52.7 Å². The monoisotopic (exact) mass is 1370 g/mol. The number of nitrogens with one attached hydrogen (secondary N) is 4. The molecule has 538 valence electrons. The molecule has 3 heterocycles. The number of rotatable bonds is 12. The predicted molar refractivity (Wildman–Crippen MR) is 358 cm³/mol. The van der Waals surface area contributed by atoms with Crippen LogP contribution in [0.1, 0.15) is 194 Å². The second kappa shape index (κ2) is 35.8. The minimum absolute atomic E-state index is 0.0232. The number of hydrogen-bond acceptors (Lipinski definition) is 11. The van der Waals surface area contributed by atoms with Crippen molar-refractivity contribution in [3.05, 3.63) is 34.3 Å². The van der Waals surface area contributed by atoms with E-state index in [-0.39, 0.29) is 101 Å². The van der Waals surface area contributed by atoms with E-state index in [0.717, 1.165) is 69.9 Å². The topological polar surface area (TPSA) is 259 Å². The molecule has 4 N–H and O–H groups in total. The van der Waals surface area contributed by atoms with Gasteiger partial charge < -0.3 is 55.6 Å². The van der Waals surface area contributed by atoms with Crippen LogP contribution in [0.2, 0.25) is 5.02 Å². The van der Waals surface area contributed by atoms with Gasteiger partial charge in [-0.2, -0.15) is 13.2 Å². The lowest BCUT2D eigenvalue weighted by Gasteiger charge is -2.46. The molecule has 2 aliphatic carbocycles. The van der Waals surface area contributed by atoms with E-state index in [1.165, 1.54) is 68.6 Å². The lowest BCUT2D eigenvalue weighted by Crippen LogP contribution is -2.65. The number of fused-ring (bicyclic) bond motifs is 2. The number of aryl methyl sites for hydroxylation is 1. The van der Waals surface area contributed by atoms with Crippen molar-refractivity contribution in [3.8, 4) is 0 Å². The summed E-state index contributed by atoms with van der Waals surface area (Å²) in [6, 6.07) is -6.00. The van der Waals surface area contributed by atoms with Crippen molar-refractivity contribution in [3.63, 3.8) is 0 Å². The molecular weight excluding hydrogens is 1260 g/mol. The molecule has 3 aliphatic heterocycles. The number of carbonyl (C=O) groups is 11. The van der Waals surface area contributed by atoms with Crippen LogP contribution in [-0.2, 0) is 65.3 Å². The fourth-order valence-electron chi connectivity index (χ4n) is 14.6. The van der Waals surface area contributed by atoms with Crippen LogP contribution in [0.3, 0.4) is 0 Å². The number of benzene rings is 1. The maximum atomic E-state index is 15.3. The van der Waals surface area contributed by atoms with Gasteiger partial charge in [0.15, 0.2) is 0 Å². The van der Waals surface area contributed by atoms with E-state index >= 15 is 19.2 Å². The fourth-order valence-corrected chi connectivity index (χ4v) is 14.9. The third-order valence-electron chi connectivity index (χ3n) is 20.7. The highest BCUT2D eigenvalue weighted by Crippen LogP contribution is 2.37. The van der Waals surface area contributed by atoms with Crippen LogP contribution in [0.4, 0.5) is 13.2 Å². The second-order valence-corrected chi connectivity index (χ2v) is 29.2. The Hall–Kier alpha value is -6.53. The van der Waals surface area contributed by atoms with Gasteiger partial charge in [0.25, 0.3) is 0 Å². The van der Waals surface area contributed by atoms with Gasteiger partial charge in [0.05, 0.1) is 17.1 Å². The largest absolute Gasteiger partial charge is 0.417 e. The van der Waals surface area contributed by atoms with Crippen LogP contribution < -0.4 is 21.3 Å². The van der Waals surface area contributed by atoms with Gasteiger partial charge in [0, 0.05) is 73.8 Å². The highest BCUT2D eigenvalue weighted by atomic mass is 35.5. The fraction of sp³-hybridized carbons (Fsp3) is 0.757. The summed E-state index contributed by atoms with van der Waals surface area (Å²) in [6.07, 6.45) is 5.90. The average Bonchev–Trinajstić information content (AvgIpc) is 0.853. The van der Waals surface area contributed by atoms with Crippen LogP contribution in [0, 0.1) is 29.6 Å². The van der Waals surface area contributed by atoms with E-state index in [0.29, 0.717) is 37.7 Å². The third-order valence-corrected chi connectivity index (χ3v) is 21.0. The molecule has 96 heavy (non-hydrogen) atoms. The predicted octanol–water partition coefficient (Wildman–Crippen LogP) is 7.11. The first kappa shape index (κ1) is 78.5. The van der Waals surface area contributed by atoms with E-state index in [9.17, 15) is 46.7 Å². The Labute approximate surface area is 571 Å². The van der Waals surface area contributed by atoms with Gasteiger partial charge in [-0.25, -0.2) is 0 Å². The Morgan fingerprint density at radius 1 is 0.594 bits per heavy atom. The summed E-state index contributed by atoms with van der Waals surface area (Å²) in [6.45, 7) is 12.7. The molecule has 22 nitrogen and oxygen atoms in total. The van der Waals surface area contributed by atoms with Crippen molar-refractivity contribution in [2.75, 3.05) is 61.4 Å². The lowest BCUT2D eigenvalue weighted by molar-refractivity contribution is -0.161. The molecule has 0 aromatic heterocycles. The van der Waals surface area contributed by atoms with Crippen molar-refractivity contribution in [2.24, 2.45) is 29.6 Å². The zero-order valence-electron chi connectivity index (χ0n) is 58.8. The van der Waals surface area contributed by atoms with E-state index in [1.807, 2.05) is 27.7 Å². The Morgan fingerprint density at radius 3 is 1.77 bits per heavy atom. The van der Waals surface area contributed by atoms with E-state index < -0.39 is 143 Å². The van der Waals surface area contributed by atoms with Crippen molar-refractivity contribution in [1.29, 1.82) is 0 Å². The minimum atomic E-state index is -4.73. The maximum absolute atomic E-state index is 15.3. The van der Waals surface area contributed by atoms with Crippen molar-refractivity contribution in [1.82, 2.24) is 55.6 Å². The molecule has 0 unspecified atom stereocenters. The van der Waals surface area contributed by atoms with Crippen LogP contribution in [0.5, 0.6) is 0 Å². The molecule has 1 aromatic rings. The summed E-state index contributed by atoms with van der Waals surface area (Å²) in [5.74, 6) is -6.43. The molecule has 5 aliphatic rings. The molecular formula is C70H109ClF3N11O11. The van der Waals surface area contributed by atoms with Crippen LogP contribution in [0.25, 0.3) is 0 Å². The molecule has 26 heteroatoms. The third kappa shape index (κ3) is 20.8. The summed E-state index contributed by atoms with van der Waals surface area (Å²) in [7, 11) is 7.54. The Bertz CT molecular complexity index is 2910. The average molecular weight is 1370 g/mol. The maximum Gasteiger partial charge on any atom is 0.417 e. The standard InChI is InChI=1S/C70H109ClF3N11O11/c1-13-44(6)60-69(96)82(11)56(40-47-24-17-18-25-47)68(95)85-35-32-53(85)67(94)81(10)55(39-46-22-15-14-16-23-46)66(93)79(8)41-57(86)77-51(31-29-48-28-30-49(50(71)38-48)70(72,73)74)65(92)84-34-21-26-52(84)62(89)75-33-20-19-27-58(87)83(12)61(43(4)5)64(91)76-45(7)37-59(88)80(9)54(36-42(2)3)63(90)78-60/h28,30,38,42-47,51-56,60-61H,13-27,29,31-37,39-41H2,1-12H3,(H,75,89)(H,76,91)(H,77,86)(H,78,90)/t44-,45+,51-,52-,53-,54-,55-,56-,60-,61-/m0/s1. The number of halogens is 4. The van der Waals surface area contributed by atoms with Crippen molar-refractivity contribution in [2.45, 2.75) is 250 Å². The van der Waals surface area contributed by atoms with E-state index in [4.69, 9.17) is 11.6 Å². The summed E-state index contributed by atoms with van der Waals surface area (Å²) in [5, 5.41) is 11.0. The van der Waals surface area contributed by atoms with Gasteiger partial charge in [-0.15, -0.1) is 0 Å². The zero-order chi connectivity index (χ0) is 71.0. The van der Waals surface area contributed by atoms with Crippen molar-refractivity contribution >= 4 is 76.6 Å². The van der Waals surface area contributed by atoms with Gasteiger partial charge >= 0.3 is 6.18 Å². The Balaban J connectivity index is 1.34. The molecule has 1 aromatic carbocycles. The van der Waals surface area contributed by atoms with E-state index in [2.05, 4.69) is 21.3 Å². The van der Waals surface area contributed by atoms with Crippen molar-refractivity contribution < 1.29 is 65.9 Å². The molecule has 10 atom stereocenters. The SMILES string of the molecule is CC[C@H](C)[C@@H]1NC(=O)[C@H](CC(C)C)N(C)C(=O)C[C@@H](C)NC(=O)[C@H](C(C)C)N(C)C(=O)CCCCNC(=O)[C@@H]2CCCN2C(=O)[C@H](CCc2ccc(C(F)(F)F)c(Cl)c2)NC(=O)CN(C)C(=O)[C@H](CC2CCCCC2)N(C)C(=O)[C@@H]2CCN2C(=O)[C@H](CC2CCCC2)N(C)C1=O. The number of amides is 11. The normalized spacial score (nSPS) is 27.6.